The monoisotopic (exact) mass is 471 g/mol. The Labute approximate surface area is 188 Å². The minimum Gasteiger partial charge on any atom is -0.321 e. The number of hydrogen-bond acceptors (Lipinski definition) is 10. The van der Waals surface area contributed by atoms with Gasteiger partial charge in [-0.15, -0.1) is 20.4 Å². The molecule has 31 heavy (non-hydrogen) atoms. The molecule has 1 N–H and O–H groups in total. The molecule has 0 spiro atoms. The third-order valence-corrected chi connectivity index (χ3v) is 6.93. The van der Waals surface area contributed by atoms with Crippen LogP contribution in [0.4, 0.5) is 11.4 Å². The fraction of sp³-hybridized carbons (Fsp3) is 0.0556. The Kier molecular flexibility index (Phi) is 6.25. The Morgan fingerprint density at radius 1 is 1.13 bits per heavy atom. The fourth-order valence-electron chi connectivity index (χ4n) is 2.51. The normalized spacial score (nSPS) is 10.7. The van der Waals surface area contributed by atoms with Gasteiger partial charge >= 0.3 is 0 Å². The number of benzene rings is 2. The Morgan fingerprint density at radius 2 is 1.97 bits per heavy atom. The molecule has 0 aliphatic carbocycles. The molecule has 4 aromatic rings. The maximum atomic E-state index is 12.8. The lowest BCUT2D eigenvalue weighted by atomic mass is 10.2. The summed E-state index contributed by atoms with van der Waals surface area (Å²) in [6.45, 7) is 0. The van der Waals surface area contributed by atoms with Crippen LogP contribution in [-0.2, 0) is 7.05 Å². The van der Waals surface area contributed by atoms with Crippen LogP contribution in [0.2, 0.25) is 0 Å². The molecule has 0 saturated carbocycles. The van der Waals surface area contributed by atoms with E-state index in [9.17, 15) is 14.9 Å². The van der Waals surface area contributed by atoms with Crippen LogP contribution in [0.3, 0.4) is 0 Å². The van der Waals surface area contributed by atoms with Gasteiger partial charge in [0.25, 0.3) is 11.6 Å². The number of nitro benzene ring substituents is 1. The number of nitro groups is 1. The van der Waals surface area contributed by atoms with Crippen LogP contribution in [0.25, 0.3) is 0 Å². The van der Waals surface area contributed by atoms with Crippen molar-refractivity contribution < 1.29 is 9.72 Å². The van der Waals surface area contributed by atoms with Gasteiger partial charge in [-0.25, -0.2) is 0 Å². The molecule has 1 amide bonds. The van der Waals surface area contributed by atoms with Gasteiger partial charge in [-0.1, -0.05) is 35.2 Å². The average Bonchev–Trinajstić information content (AvgIpc) is 3.41. The van der Waals surface area contributed by atoms with E-state index in [1.807, 2.05) is 12.1 Å². The van der Waals surface area contributed by atoms with Gasteiger partial charge in [-0.3, -0.25) is 14.9 Å². The average molecular weight is 472 g/mol. The number of aromatic nitrogens is 5. The van der Waals surface area contributed by atoms with Crippen LogP contribution >= 0.6 is 34.9 Å². The van der Waals surface area contributed by atoms with Gasteiger partial charge in [0.2, 0.25) is 0 Å². The number of anilines is 1. The number of carbonyl (C=O) groups excluding carboxylic acids is 1. The topological polar surface area (TPSA) is 129 Å². The summed E-state index contributed by atoms with van der Waals surface area (Å²) in [4.78, 5) is 25.1. The number of nitrogens with zero attached hydrogens (tertiary/aromatic N) is 6. The van der Waals surface area contributed by atoms with Crippen molar-refractivity contribution in [1.82, 2.24) is 25.0 Å². The summed E-state index contributed by atoms with van der Waals surface area (Å²) in [5.74, 6) is -0.455. The molecule has 156 valence electrons. The Morgan fingerprint density at radius 3 is 2.68 bits per heavy atom. The van der Waals surface area contributed by atoms with E-state index in [1.165, 1.54) is 41.6 Å². The highest BCUT2D eigenvalue weighted by molar-refractivity contribution is 8.01. The predicted molar refractivity (Wildman–Crippen MR) is 117 cm³/mol. The molecule has 0 radical (unpaired) electrons. The van der Waals surface area contributed by atoms with Crippen molar-refractivity contribution >= 4 is 52.1 Å². The molecule has 0 fully saturated rings. The first-order valence-electron chi connectivity index (χ1n) is 8.66. The number of rotatable bonds is 7. The van der Waals surface area contributed by atoms with Crippen LogP contribution in [-0.4, -0.2) is 35.8 Å². The van der Waals surface area contributed by atoms with E-state index >= 15 is 0 Å². The standard InChI is InChI=1S/C18H13N7O3S3/c1-24-9-19-22-17(24)30-15-7-6-11(8-13(15)25(27)28)16(26)21-12-4-2-3-5-14(12)31-18-23-20-10-29-18/h2-10H,1H3,(H,21,26). The van der Waals surface area contributed by atoms with E-state index in [4.69, 9.17) is 0 Å². The predicted octanol–water partition coefficient (Wildman–Crippen LogP) is 4.13. The number of aryl methyl sites for hydroxylation is 1. The molecule has 0 saturated heterocycles. The van der Waals surface area contributed by atoms with E-state index in [-0.39, 0.29) is 11.3 Å². The molecular formula is C18H13N7O3S3. The van der Waals surface area contributed by atoms with Gasteiger partial charge in [0.05, 0.1) is 15.5 Å². The van der Waals surface area contributed by atoms with Crippen molar-refractivity contribution in [2.45, 2.75) is 19.3 Å². The minimum absolute atomic E-state index is 0.171. The molecule has 4 rings (SSSR count). The molecule has 0 bridgehead atoms. The molecule has 0 atom stereocenters. The Bertz CT molecular complexity index is 1240. The van der Waals surface area contributed by atoms with Crippen LogP contribution in [0.1, 0.15) is 10.4 Å². The quantitative estimate of drug-likeness (QED) is 0.312. The summed E-state index contributed by atoms with van der Waals surface area (Å²) in [7, 11) is 1.74. The second-order valence-corrected chi connectivity index (χ2v) is 9.15. The molecule has 2 aromatic heterocycles. The van der Waals surface area contributed by atoms with Gasteiger partial charge < -0.3 is 9.88 Å². The summed E-state index contributed by atoms with van der Waals surface area (Å²) in [6, 6.07) is 11.6. The second-order valence-electron chi connectivity index (χ2n) is 6.02. The van der Waals surface area contributed by atoms with E-state index in [0.29, 0.717) is 15.7 Å². The van der Waals surface area contributed by atoms with Crippen molar-refractivity contribution in [3.63, 3.8) is 0 Å². The van der Waals surface area contributed by atoms with Gasteiger partial charge in [0.15, 0.2) is 9.50 Å². The zero-order chi connectivity index (χ0) is 21.8. The first-order chi connectivity index (χ1) is 15.0. The SMILES string of the molecule is Cn1cnnc1Sc1ccc(C(=O)Nc2ccccc2Sc2nncs2)cc1[N+](=O)[O-]. The van der Waals surface area contributed by atoms with E-state index in [1.54, 1.807) is 35.3 Å². The summed E-state index contributed by atoms with van der Waals surface area (Å²) < 4.78 is 2.39. The summed E-state index contributed by atoms with van der Waals surface area (Å²) in [6.07, 6.45) is 1.51. The van der Waals surface area contributed by atoms with Gasteiger partial charge in [-0.05, 0) is 36.0 Å². The highest BCUT2D eigenvalue weighted by atomic mass is 32.2. The van der Waals surface area contributed by atoms with E-state index in [2.05, 4.69) is 25.7 Å². The van der Waals surface area contributed by atoms with Gasteiger partial charge in [0, 0.05) is 23.6 Å². The highest BCUT2D eigenvalue weighted by Crippen LogP contribution is 2.36. The van der Waals surface area contributed by atoms with Crippen LogP contribution in [0.5, 0.6) is 0 Å². The Balaban J connectivity index is 1.57. The molecule has 0 aliphatic heterocycles. The van der Waals surface area contributed by atoms with Crippen molar-refractivity contribution in [3.05, 3.63) is 70.0 Å². The molecule has 2 aromatic carbocycles. The zero-order valence-corrected chi connectivity index (χ0v) is 18.3. The summed E-state index contributed by atoms with van der Waals surface area (Å²) in [5, 5.41) is 30.4. The molecule has 0 unspecified atom stereocenters. The van der Waals surface area contributed by atoms with Crippen molar-refractivity contribution in [3.8, 4) is 0 Å². The molecule has 0 aliphatic rings. The zero-order valence-electron chi connectivity index (χ0n) is 15.8. The number of nitrogens with one attached hydrogen (secondary N) is 1. The Hall–Kier alpha value is -3.29. The second kappa shape index (κ2) is 9.24. The fourth-order valence-corrected chi connectivity index (χ4v) is 4.88. The van der Waals surface area contributed by atoms with Gasteiger partial charge in [0.1, 0.15) is 11.8 Å². The van der Waals surface area contributed by atoms with E-state index in [0.717, 1.165) is 21.0 Å². The molecule has 10 nitrogen and oxygen atoms in total. The molecule has 2 heterocycles. The maximum absolute atomic E-state index is 12.8. The van der Waals surface area contributed by atoms with Crippen molar-refractivity contribution in [2.24, 2.45) is 7.05 Å². The first kappa shape index (κ1) is 21.0. The van der Waals surface area contributed by atoms with Gasteiger partial charge in [-0.2, -0.15) is 0 Å². The summed E-state index contributed by atoms with van der Waals surface area (Å²) in [5.41, 5.74) is 2.19. The number of carbonyl (C=O) groups is 1. The lowest BCUT2D eigenvalue weighted by molar-refractivity contribution is -0.387. The largest absolute Gasteiger partial charge is 0.321 e. The first-order valence-corrected chi connectivity index (χ1v) is 11.2. The molecule has 13 heteroatoms. The lowest BCUT2D eigenvalue weighted by Crippen LogP contribution is -2.13. The number of amides is 1. The third kappa shape index (κ3) is 4.90. The van der Waals surface area contributed by atoms with Crippen LogP contribution < -0.4 is 5.32 Å². The van der Waals surface area contributed by atoms with E-state index < -0.39 is 10.8 Å². The lowest BCUT2D eigenvalue weighted by Gasteiger charge is -2.10. The minimum atomic E-state index is -0.519. The third-order valence-electron chi connectivity index (χ3n) is 3.96. The highest BCUT2D eigenvalue weighted by Gasteiger charge is 2.20. The molecular weight excluding hydrogens is 458 g/mol. The smallest absolute Gasteiger partial charge is 0.284 e. The number of hydrogen-bond donors (Lipinski definition) is 1. The number of para-hydroxylation sites is 1. The van der Waals surface area contributed by atoms with Crippen LogP contribution in [0.15, 0.2) is 73.6 Å². The summed E-state index contributed by atoms with van der Waals surface area (Å²) >= 11 is 3.87. The van der Waals surface area contributed by atoms with Crippen molar-refractivity contribution in [2.75, 3.05) is 5.32 Å². The maximum Gasteiger partial charge on any atom is 0.284 e. The van der Waals surface area contributed by atoms with Crippen molar-refractivity contribution in [1.29, 1.82) is 0 Å². The van der Waals surface area contributed by atoms with Crippen LogP contribution in [0, 0.1) is 10.1 Å².